The summed E-state index contributed by atoms with van der Waals surface area (Å²) in [5.41, 5.74) is 1.71. The summed E-state index contributed by atoms with van der Waals surface area (Å²) in [6.45, 7) is 1.89. The van der Waals surface area contributed by atoms with E-state index in [-0.39, 0.29) is 18.8 Å². The molecule has 0 N–H and O–H groups in total. The van der Waals surface area contributed by atoms with Gasteiger partial charge in [-0.1, -0.05) is 30.3 Å². The summed E-state index contributed by atoms with van der Waals surface area (Å²) in [6, 6.07) is 15.3. The number of rotatable bonds is 2. The first kappa shape index (κ1) is 14.1. The number of carbonyl (C=O) groups is 1. The second kappa shape index (κ2) is 5.93. The van der Waals surface area contributed by atoms with Gasteiger partial charge < -0.3 is 19.1 Å². The van der Waals surface area contributed by atoms with Crippen molar-refractivity contribution in [2.45, 2.75) is 6.10 Å². The van der Waals surface area contributed by atoms with E-state index in [9.17, 15) is 4.79 Å². The fourth-order valence-electron chi connectivity index (χ4n) is 2.92. The van der Waals surface area contributed by atoms with Gasteiger partial charge in [0, 0.05) is 12.1 Å². The molecule has 1 atom stereocenters. The predicted octanol–water partition coefficient (Wildman–Crippen LogP) is 2.63. The van der Waals surface area contributed by atoms with Gasteiger partial charge in [-0.2, -0.15) is 0 Å². The van der Waals surface area contributed by atoms with Crippen LogP contribution in [0.25, 0.3) is 0 Å². The molecule has 4 rings (SSSR count). The van der Waals surface area contributed by atoms with E-state index < -0.39 is 0 Å². The molecule has 0 saturated carbocycles. The van der Waals surface area contributed by atoms with Crippen LogP contribution in [0.15, 0.2) is 48.5 Å². The van der Waals surface area contributed by atoms with E-state index in [1.807, 2.05) is 35.2 Å². The number of hydrogen-bond donors (Lipinski definition) is 0. The van der Waals surface area contributed by atoms with Crippen LogP contribution in [0.1, 0.15) is 22.0 Å². The number of ether oxygens (including phenoxy) is 3. The van der Waals surface area contributed by atoms with Gasteiger partial charge in [-0.25, -0.2) is 0 Å². The molecular weight excluding hydrogens is 294 g/mol. The van der Waals surface area contributed by atoms with E-state index >= 15 is 0 Å². The maximum atomic E-state index is 12.8. The van der Waals surface area contributed by atoms with Gasteiger partial charge in [0.15, 0.2) is 11.5 Å². The first-order valence-electron chi connectivity index (χ1n) is 7.67. The lowest BCUT2D eigenvalue weighted by Crippen LogP contribution is -2.42. The Hall–Kier alpha value is -2.53. The van der Waals surface area contributed by atoms with Crippen molar-refractivity contribution in [3.63, 3.8) is 0 Å². The van der Waals surface area contributed by atoms with Crippen LogP contribution >= 0.6 is 0 Å². The van der Waals surface area contributed by atoms with Crippen molar-refractivity contribution in [1.82, 2.24) is 4.90 Å². The van der Waals surface area contributed by atoms with Crippen LogP contribution in [-0.4, -0.2) is 37.3 Å². The van der Waals surface area contributed by atoms with Gasteiger partial charge in [0.2, 0.25) is 6.79 Å². The number of nitrogens with zero attached hydrogens (tertiary/aromatic N) is 1. The lowest BCUT2D eigenvalue weighted by atomic mass is 10.1. The number of carbonyl (C=O) groups excluding carboxylic acids is 1. The molecule has 0 radical (unpaired) electrons. The average molecular weight is 311 g/mol. The number of hydrogen-bond acceptors (Lipinski definition) is 4. The van der Waals surface area contributed by atoms with Crippen LogP contribution in [0.4, 0.5) is 0 Å². The minimum absolute atomic E-state index is 0.00692. The zero-order valence-electron chi connectivity index (χ0n) is 12.6. The van der Waals surface area contributed by atoms with Crippen molar-refractivity contribution in [3.05, 3.63) is 59.7 Å². The minimum atomic E-state index is -0.0806. The Morgan fingerprint density at radius 3 is 2.74 bits per heavy atom. The highest BCUT2D eigenvalue weighted by Crippen LogP contribution is 2.33. The first-order valence-corrected chi connectivity index (χ1v) is 7.67. The number of benzene rings is 2. The van der Waals surface area contributed by atoms with E-state index in [2.05, 4.69) is 0 Å². The van der Waals surface area contributed by atoms with E-state index in [0.29, 0.717) is 36.8 Å². The number of morpholine rings is 1. The number of amides is 1. The molecular formula is C18H17NO4. The summed E-state index contributed by atoms with van der Waals surface area (Å²) in [5.74, 6) is 1.31. The van der Waals surface area contributed by atoms with Crippen LogP contribution in [0.3, 0.4) is 0 Å². The maximum Gasteiger partial charge on any atom is 0.254 e. The first-order chi connectivity index (χ1) is 11.3. The van der Waals surface area contributed by atoms with Crippen molar-refractivity contribution >= 4 is 5.91 Å². The third-order valence-electron chi connectivity index (χ3n) is 4.14. The van der Waals surface area contributed by atoms with Gasteiger partial charge in [0.25, 0.3) is 5.91 Å². The smallest absolute Gasteiger partial charge is 0.254 e. The molecule has 5 nitrogen and oxygen atoms in total. The van der Waals surface area contributed by atoms with Crippen LogP contribution in [-0.2, 0) is 4.74 Å². The summed E-state index contributed by atoms with van der Waals surface area (Å²) in [4.78, 5) is 14.6. The predicted molar refractivity (Wildman–Crippen MR) is 83.6 cm³/mol. The summed E-state index contributed by atoms with van der Waals surface area (Å²) in [5, 5.41) is 0. The molecule has 1 fully saturated rings. The van der Waals surface area contributed by atoms with Crippen LogP contribution in [0, 0.1) is 0 Å². The number of fused-ring (bicyclic) bond motifs is 1. The molecule has 23 heavy (non-hydrogen) atoms. The van der Waals surface area contributed by atoms with Crippen molar-refractivity contribution in [2.75, 3.05) is 26.5 Å². The molecule has 2 aliphatic rings. The molecule has 2 aromatic rings. The molecule has 2 heterocycles. The third-order valence-corrected chi connectivity index (χ3v) is 4.14. The molecule has 0 aliphatic carbocycles. The highest BCUT2D eigenvalue weighted by atomic mass is 16.7. The topological polar surface area (TPSA) is 48.0 Å². The SMILES string of the molecule is O=C(c1ccc2c(c1)OCO2)N1CCO[C@@H](c2ccccc2)C1. The minimum Gasteiger partial charge on any atom is -0.454 e. The fourth-order valence-corrected chi connectivity index (χ4v) is 2.92. The van der Waals surface area contributed by atoms with E-state index in [4.69, 9.17) is 14.2 Å². The largest absolute Gasteiger partial charge is 0.454 e. The summed E-state index contributed by atoms with van der Waals surface area (Å²) < 4.78 is 16.5. The van der Waals surface area contributed by atoms with E-state index in [1.165, 1.54) is 0 Å². The Bertz CT molecular complexity index is 716. The van der Waals surface area contributed by atoms with Crippen LogP contribution < -0.4 is 9.47 Å². The lowest BCUT2D eigenvalue weighted by molar-refractivity contribution is -0.0228. The van der Waals surface area contributed by atoms with Crippen LogP contribution in [0.2, 0.25) is 0 Å². The summed E-state index contributed by atoms with van der Waals surface area (Å²) in [7, 11) is 0. The van der Waals surface area contributed by atoms with Gasteiger partial charge in [-0.15, -0.1) is 0 Å². The third kappa shape index (κ3) is 2.75. The monoisotopic (exact) mass is 311 g/mol. The van der Waals surface area contributed by atoms with Gasteiger partial charge in [0.1, 0.15) is 6.10 Å². The standard InChI is InChI=1S/C18H17NO4/c20-18(14-6-7-15-16(10-14)23-12-22-15)19-8-9-21-17(11-19)13-4-2-1-3-5-13/h1-7,10,17H,8-9,11-12H2/t17-/m1/s1. The highest BCUT2D eigenvalue weighted by molar-refractivity contribution is 5.95. The maximum absolute atomic E-state index is 12.8. The quantitative estimate of drug-likeness (QED) is 0.855. The molecule has 1 saturated heterocycles. The van der Waals surface area contributed by atoms with Gasteiger partial charge in [-0.3, -0.25) is 4.79 Å². The van der Waals surface area contributed by atoms with Crippen LogP contribution in [0.5, 0.6) is 11.5 Å². The Labute approximate surface area is 134 Å². The van der Waals surface area contributed by atoms with Crippen molar-refractivity contribution in [2.24, 2.45) is 0 Å². The van der Waals surface area contributed by atoms with Gasteiger partial charge in [0.05, 0.1) is 13.2 Å². The normalized spacial score (nSPS) is 19.7. The Kier molecular flexibility index (Phi) is 3.63. The van der Waals surface area contributed by atoms with Crippen molar-refractivity contribution < 1.29 is 19.0 Å². The lowest BCUT2D eigenvalue weighted by Gasteiger charge is -2.33. The summed E-state index contributed by atoms with van der Waals surface area (Å²) >= 11 is 0. The van der Waals surface area contributed by atoms with Gasteiger partial charge >= 0.3 is 0 Å². The van der Waals surface area contributed by atoms with Gasteiger partial charge in [-0.05, 0) is 23.8 Å². The molecule has 5 heteroatoms. The molecule has 1 amide bonds. The molecule has 2 aromatic carbocycles. The van der Waals surface area contributed by atoms with E-state index in [1.54, 1.807) is 18.2 Å². The van der Waals surface area contributed by atoms with E-state index in [0.717, 1.165) is 5.56 Å². The second-order valence-corrected chi connectivity index (χ2v) is 5.59. The summed E-state index contributed by atoms with van der Waals surface area (Å²) in [6.07, 6.45) is -0.0806. The van der Waals surface area contributed by atoms with Crippen molar-refractivity contribution in [3.8, 4) is 11.5 Å². The Morgan fingerprint density at radius 2 is 1.87 bits per heavy atom. The highest BCUT2D eigenvalue weighted by Gasteiger charge is 2.27. The molecule has 0 bridgehead atoms. The zero-order chi connectivity index (χ0) is 15.6. The molecule has 0 spiro atoms. The molecule has 0 unspecified atom stereocenters. The molecule has 118 valence electrons. The van der Waals surface area contributed by atoms with Crippen molar-refractivity contribution in [1.29, 1.82) is 0 Å². The Balaban J connectivity index is 1.52. The fraction of sp³-hybridized carbons (Fsp3) is 0.278. The Morgan fingerprint density at radius 1 is 1.04 bits per heavy atom. The molecule has 0 aromatic heterocycles. The molecule has 2 aliphatic heterocycles. The average Bonchev–Trinajstić information content (AvgIpc) is 3.09. The zero-order valence-corrected chi connectivity index (χ0v) is 12.6. The second-order valence-electron chi connectivity index (χ2n) is 5.59.